The molecular formula is C19H23N3O. The van der Waals surface area contributed by atoms with Crippen molar-refractivity contribution in [3.8, 4) is 0 Å². The van der Waals surface area contributed by atoms with Gasteiger partial charge in [0, 0.05) is 44.0 Å². The summed E-state index contributed by atoms with van der Waals surface area (Å²) in [5.74, 6) is 0.223. The highest BCUT2D eigenvalue weighted by Gasteiger charge is 2.21. The van der Waals surface area contributed by atoms with Gasteiger partial charge in [-0.1, -0.05) is 36.4 Å². The molecule has 0 bridgehead atoms. The molecule has 1 amide bonds. The van der Waals surface area contributed by atoms with Gasteiger partial charge in [0.25, 0.3) is 0 Å². The number of piperazine rings is 1. The van der Waals surface area contributed by atoms with Crippen molar-refractivity contribution >= 4 is 17.3 Å². The fourth-order valence-corrected chi connectivity index (χ4v) is 3.01. The molecule has 4 nitrogen and oxygen atoms in total. The second kappa shape index (κ2) is 7.18. The molecule has 3 rings (SSSR count). The number of nitrogens with two attached hydrogens (primary N) is 1. The minimum absolute atomic E-state index is 0.223. The van der Waals surface area contributed by atoms with Crippen molar-refractivity contribution < 1.29 is 4.79 Å². The first-order valence-corrected chi connectivity index (χ1v) is 8.15. The third-order valence-electron chi connectivity index (χ3n) is 4.42. The Labute approximate surface area is 137 Å². The summed E-state index contributed by atoms with van der Waals surface area (Å²) < 4.78 is 0. The average Bonchev–Trinajstić information content (AvgIpc) is 2.62. The SMILES string of the molecule is Nc1ccccc1CCC(=O)N1CCN(c2ccccc2)CC1. The standard InChI is InChI=1S/C19H23N3O/c20-18-9-5-4-6-16(18)10-11-19(23)22-14-12-21(13-15-22)17-7-2-1-3-8-17/h1-9H,10-15,20H2. The molecule has 1 heterocycles. The number of hydrogen-bond donors (Lipinski definition) is 1. The number of anilines is 2. The molecule has 0 aromatic heterocycles. The molecular weight excluding hydrogens is 286 g/mol. The zero-order valence-corrected chi connectivity index (χ0v) is 13.3. The number of carbonyl (C=O) groups excluding carboxylic acids is 1. The van der Waals surface area contributed by atoms with Crippen molar-refractivity contribution in [2.24, 2.45) is 0 Å². The Morgan fingerprint density at radius 2 is 1.57 bits per heavy atom. The van der Waals surface area contributed by atoms with Crippen molar-refractivity contribution in [3.05, 3.63) is 60.2 Å². The largest absolute Gasteiger partial charge is 0.399 e. The summed E-state index contributed by atoms with van der Waals surface area (Å²) in [5, 5.41) is 0. The van der Waals surface area contributed by atoms with Crippen LogP contribution in [0, 0.1) is 0 Å². The number of amides is 1. The van der Waals surface area contributed by atoms with E-state index in [1.165, 1.54) is 5.69 Å². The van der Waals surface area contributed by atoms with Crippen molar-refractivity contribution in [2.75, 3.05) is 36.8 Å². The van der Waals surface area contributed by atoms with Crippen molar-refractivity contribution in [2.45, 2.75) is 12.8 Å². The quantitative estimate of drug-likeness (QED) is 0.883. The zero-order chi connectivity index (χ0) is 16.1. The average molecular weight is 309 g/mol. The molecule has 0 radical (unpaired) electrons. The molecule has 0 spiro atoms. The van der Waals surface area contributed by atoms with Gasteiger partial charge in [-0.3, -0.25) is 4.79 Å². The maximum absolute atomic E-state index is 12.4. The van der Waals surface area contributed by atoms with Gasteiger partial charge in [-0.2, -0.15) is 0 Å². The summed E-state index contributed by atoms with van der Waals surface area (Å²) in [7, 11) is 0. The van der Waals surface area contributed by atoms with Crippen LogP contribution in [0.3, 0.4) is 0 Å². The molecule has 1 saturated heterocycles. The summed E-state index contributed by atoms with van der Waals surface area (Å²) in [6.45, 7) is 3.36. The van der Waals surface area contributed by atoms with E-state index in [-0.39, 0.29) is 5.91 Å². The van der Waals surface area contributed by atoms with E-state index in [0.29, 0.717) is 12.8 Å². The van der Waals surface area contributed by atoms with Crippen LogP contribution in [-0.2, 0) is 11.2 Å². The number of aryl methyl sites for hydroxylation is 1. The maximum atomic E-state index is 12.4. The number of nitrogens with zero attached hydrogens (tertiary/aromatic N) is 2. The van der Waals surface area contributed by atoms with Gasteiger partial charge >= 0.3 is 0 Å². The highest BCUT2D eigenvalue weighted by Crippen LogP contribution is 2.17. The van der Waals surface area contributed by atoms with E-state index in [0.717, 1.165) is 37.4 Å². The van der Waals surface area contributed by atoms with Crippen molar-refractivity contribution in [3.63, 3.8) is 0 Å². The van der Waals surface area contributed by atoms with Crippen LogP contribution in [0.2, 0.25) is 0 Å². The normalized spacial score (nSPS) is 14.8. The number of para-hydroxylation sites is 2. The summed E-state index contributed by atoms with van der Waals surface area (Å²) in [4.78, 5) is 16.7. The predicted molar refractivity (Wildman–Crippen MR) is 94.4 cm³/mol. The second-order valence-electron chi connectivity index (χ2n) is 5.90. The molecule has 1 fully saturated rings. The Balaban J connectivity index is 1.50. The first-order chi connectivity index (χ1) is 11.2. The number of benzene rings is 2. The predicted octanol–water partition coefficient (Wildman–Crippen LogP) is 2.55. The van der Waals surface area contributed by atoms with E-state index < -0.39 is 0 Å². The Morgan fingerprint density at radius 1 is 0.913 bits per heavy atom. The molecule has 2 N–H and O–H groups in total. The van der Waals surface area contributed by atoms with Crippen LogP contribution in [0.25, 0.3) is 0 Å². The van der Waals surface area contributed by atoms with E-state index in [4.69, 9.17) is 5.73 Å². The Hall–Kier alpha value is -2.49. The Bertz CT molecular complexity index is 649. The topological polar surface area (TPSA) is 49.6 Å². The molecule has 120 valence electrons. The highest BCUT2D eigenvalue weighted by molar-refractivity contribution is 5.77. The van der Waals surface area contributed by atoms with Gasteiger partial charge in [-0.05, 0) is 30.2 Å². The summed E-state index contributed by atoms with van der Waals surface area (Å²) in [6, 6.07) is 18.1. The third kappa shape index (κ3) is 3.83. The van der Waals surface area contributed by atoms with Crippen molar-refractivity contribution in [1.82, 2.24) is 4.90 Å². The molecule has 23 heavy (non-hydrogen) atoms. The molecule has 0 saturated carbocycles. The Morgan fingerprint density at radius 3 is 2.26 bits per heavy atom. The van der Waals surface area contributed by atoms with Gasteiger partial charge in [-0.25, -0.2) is 0 Å². The van der Waals surface area contributed by atoms with E-state index >= 15 is 0 Å². The van der Waals surface area contributed by atoms with Gasteiger partial charge in [-0.15, -0.1) is 0 Å². The van der Waals surface area contributed by atoms with Crippen LogP contribution >= 0.6 is 0 Å². The highest BCUT2D eigenvalue weighted by atomic mass is 16.2. The lowest BCUT2D eigenvalue weighted by Crippen LogP contribution is -2.48. The van der Waals surface area contributed by atoms with Gasteiger partial charge in [0.15, 0.2) is 0 Å². The lowest BCUT2D eigenvalue weighted by molar-refractivity contribution is -0.131. The van der Waals surface area contributed by atoms with Crippen LogP contribution in [0.15, 0.2) is 54.6 Å². The summed E-state index contributed by atoms with van der Waals surface area (Å²) in [6.07, 6.45) is 1.24. The van der Waals surface area contributed by atoms with Gasteiger partial charge in [0.05, 0.1) is 0 Å². The molecule has 0 unspecified atom stereocenters. The summed E-state index contributed by atoms with van der Waals surface area (Å²) >= 11 is 0. The molecule has 1 aliphatic rings. The maximum Gasteiger partial charge on any atom is 0.223 e. The van der Waals surface area contributed by atoms with E-state index in [2.05, 4.69) is 29.2 Å². The van der Waals surface area contributed by atoms with Gasteiger partial charge in [0.1, 0.15) is 0 Å². The van der Waals surface area contributed by atoms with Crippen LogP contribution in [-0.4, -0.2) is 37.0 Å². The molecule has 0 aliphatic carbocycles. The van der Waals surface area contributed by atoms with E-state index in [1.807, 2.05) is 35.2 Å². The Kier molecular flexibility index (Phi) is 4.81. The van der Waals surface area contributed by atoms with Crippen LogP contribution in [0.1, 0.15) is 12.0 Å². The lowest BCUT2D eigenvalue weighted by Gasteiger charge is -2.36. The molecule has 0 atom stereocenters. The van der Waals surface area contributed by atoms with Crippen molar-refractivity contribution in [1.29, 1.82) is 0 Å². The van der Waals surface area contributed by atoms with Gasteiger partial charge in [0.2, 0.25) is 5.91 Å². The smallest absolute Gasteiger partial charge is 0.223 e. The number of hydrogen-bond acceptors (Lipinski definition) is 3. The molecule has 2 aromatic carbocycles. The fourth-order valence-electron chi connectivity index (χ4n) is 3.01. The third-order valence-corrected chi connectivity index (χ3v) is 4.42. The lowest BCUT2D eigenvalue weighted by atomic mass is 10.1. The van der Waals surface area contributed by atoms with E-state index in [9.17, 15) is 4.79 Å². The first kappa shape index (κ1) is 15.4. The van der Waals surface area contributed by atoms with E-state index in [1.54, 1.807) is 0 Å². The van der Waals surface area contributed by atoms with Gasteiger partial charge < -0.3 is 15.5 Å². The molecule has 1 aliphatic heterocycles. The minimum Gasteiger partial charge on any atom is -0.399 e. The minimum atomic E-state index is 0.223. The first-order valence-electron chi connectivity index (χ1n) is 8.15. The fraction of sp³-hybridized carbons (Fsp3) is 0.316. The molecule has 2 aromatic rings. The number of rotatable bonds is 4. The number of carbonyl (C=O) groups is 1. The summed E-state index contributed by atoms with van der Waals surface area (Å²) in [5.41, 5.74) is 9.00. The van der Waals surface area contributed by atoms with Crippen LogP contribution < -0.4 is 10.6 Å². The molecule has 4 heteroatoms. The van der Waals surface area contributed by atoms with Crippen LogP contribution in [0.5, 0.6) is 0 Å². The monoisotopic (exact) mass is 309 g/mol. The van der Waals surface area contributed by atoms with Crippen LogP contribution in [0.4, 0.5) is 11.4 Å². The second-order valence-corrected chi connectivity index (χ2v) is 5.90. The zero-order valence-electron chi connectivity index (χ0n) is 13.3. The number of nitrogen functional groups attached to an aromatic ring is 1.